The minimum Gasteiger partial charge on any atom is -0.274 e. The zero-order valence-electron chi connectivity index (χ0n) is 10.6. The number of benzene rings is 1. The Hall–Kier alpha value is -2.16. The summed E-state index contributed by atoms with van der Waals surface area (Å²) >= 11 is 0. The van der Waals surface area contributed by atoms with E-state index in [1.807, 2.05) is 55.6 Å². The van der Waals surface area contributed by atoms with Crippen molar-refractivity contribution in [2.24, 2.45) is 4.99 Å². The molecule has 92 valence electrons. The number of nitrogens with zero attached hydrogens (tertiary/aromatic N) is 2. The Morgan fingerprint density at radius 3 is 2.44 bits per heavy atom. The lowest BCUT2D eigenvalue weighted by atomic mass is 10.1. The van der Waals surface area contributed by atoms with E-state index in [1.165, 1.54) is 0 Å². The number of hydrogen-bond acceptors (Lipinski definition) is 2. The highest BCUT2D eigenvalue weighted by Gasteiger charge is 2.02. The second kappa shape index (κ2) is 5.45. The molecule has 0 saturated heterocycles. The predicted molar refractivity (Wildman–Crippen MR) is 72.3 cm³/mol. The average molecular weight is 240 g/mol. The highest BCUT2D eigenvalue weighted by molar-refractivity contribution is 5.77. The number of rotatable bonds is 2. The van der Waals surface area contributed by atoms with Crippen LogP contribution in [0.15, 0.2) is 53.7 Å². The highest BCUT2D eigenvalue weighted by Crippen LogP contribution is 2.16. The van der Waals surface area contributed by atoms with E-state index in [9.17, 15) is 4.79 Å². The zero-order chi connectivity index (χ0) is 13.0. The summed E-state index contributed by atoms with van der Waals surface area (Å²) in [4.78, 5) is 15.9. The fourth-order valence-electron chi connectivity index (χ4n) is 1.84. The lowest BCUT2D eigenvalue weighted by molar-refractivity contribution is 0.0931. The Morgan fingerprint density at radius 2 is 1.83 bits per heavy atom. The van der Waals surface area contributed by atoms with Crippen molar-refractivity contribution in [1.82, 2.24) is 4.57 Å². The first-order valence-corrected chi connectivity index (χ1v) is 6.02. The van der Waals surface area contributed by atoms with E-state index >= 15 is 0 Å². The van der Waals surface area contributed by atoms with Crippen LogP contribution in [-0.4, -0.2) is 17.0 Å². The molecule has 0 aliphatic rings. The van der Waals surface area contributed by atoms with E-state index in [0.717, 1.165) is 11.1 Å². The molecule has 0 bridgehead atoms. The summed E-state index contributed by atoms with van der Waals surface area (Å²) in [6, 6.07) is 13.9. The van der Waals surface area contributed by atoms with Crippen LogP contribution < -0.4 is 5.49 Å². The van der Waals surface area contributed by atoms with Gasteiger partial charge in [-0.2, -0.15) is 0 Å². The van der Waals surface area contributed by atoms with Gasteiger partial charge in [0.15, 0.2) is 0 Å². The molecule has 0 atom stereocenters. The monoisotopic (exact) mass is 240 g/mol. The number of pyridine rings is 1. The van der Waals surface area contributed by atoms with Crippen molar-refractivity contribution < 1.29 is 4.79 Å². The Kier molecular flexibility index (Phi) is 3.72. The molecular weight excluding hydrogens is 224 g/mol. The van der Waals surface area contributed by atoms with Gasteiger partial charge in [-0.1, -0.05) is 30.3 Å². The molecule has 1 aromatic heterocycles. The van der Waals surface area contributed by atoms with Gasteiger partial charge in [-0.3, -0.25) is 14.4 Å². The third kappa shape index (κ3) is 2.56. The van der Waals surface area contributed by atoms with E-state index < -0.39 is 0 Å². The van der Waals surface area contributed by atoms with Crippen LogP contribution in [0.3, 0.4) is 0 Å². The minimum absolute atomic E-state index is 0.0278. The molecule has 3 heteroatoms. The van der Waals surface area contributed by atoms with E-state index in [4.69, 9.17) is 0 Å². The largest absolute Gasteiger partial charge is 0.274 e. The maximum absolute atomic E-state index is 11.6. The molecule has 0 amide bonds. The lowest BCUT2D eigenvalue weighted by Crippen LogP contribution is -2.25. The summed E-state index contributed by atoms with van der Waals surface area (Å²) in [7, 11) is 0. The maximum atomic E-state index is 11.6. The van der Waals surface area contributed by atoms with E-state index in [1.54, 1.807) is 11.5 Å². The molecule has 0 unspecified atom stereocenters. The van der Waals surface area contributed by atoms with Gasteiger partial charge in [0.05, 0.1) is 0 Å². The standard InChI is InChI=1S/C15H16N2O/c1-3-16-15-10-9-14(11-17(15)12(2)18)13-7-5-4-6-8-13/h4-11H,3H2,1-2H3/b16-15-. The van der Waals surface area contributed by atoms with Crippen molar-refractivity contribution in [3.63, 3.8) is 0 Å². The van der Waals surface area contributed by atoms with Crippen molar-refractivity contribution in [2.75, 3.05) is 6.54 Å². The van der Waals surface area contributed by atoms with Gasteiger partial charge in [0.2, 0.25) is 5.91 Å². The van der Waals surface area contributed by atoms with E-state index in [0.29, 0.717) is 12.0 Å². The molecule has 1 heterocycles. The molecule has 0 fully saturated rings. The molecule has 1 aromatic carbocycles. The summed E-state index contributed by atoms with van der Waals surface area (Å²) in [6.07, 6.45) is 1.84. The fraction of sp³-hybridized carbons (Fsp3) is 0.200. The van der Waals surface area contributed by atoms with E-state index in [-0.39, 0.29) is 5.91 Å². The van der Waals surface area contributed by atoms with Crippen LogP contribution in [-0.2, 0) is 0 Å². The molecule has 0 saturated carbocycles. The topological polar surface area (TPSA) is 34.4 Å². The molecule has 3 nitrogen and oxygen atoms in total. The number of carbonyl (C=O) groups is 1. The average Bonchev–Trinajstić information content (AvgIpc) is 2.40. The molecule has 0 aliphatic carbocycles. The minimum atomic E-state index is -0.0278. The Labute approximate surface area is 106 Å². The number of aromatic nitrogens is 1. The van der Waals surface area contributed by atoms with Crippen molar-refractivity contribution >= 4 is 5.91 Å². The summed E-state index contributed by atoms with van der Waals surface area (Å²) in [6.45, 7) is 4.16. The van der Waals surface area contributed by atoms with Crippen LogP contribution in [0, 0.1) is 0 Å². The van der Waals surface area contributed by atoms with Crippen LogP contribution in [0.4, 0.5) is 0 Å². The van der Waals surface area contributed by atoms with Gasteiger partial charge >= 0.3 is 0 Å². The van der Waals surface area contributed by atoms with Crippen molar-refractivity contribution in [3.05, 3.63) is 54.1 Å². The summed E-state index contributed by atoms with van der Waals surface area (Å²) < 4.78 is 1.59. The smallest absolute Gasteiger partial charge is 0.229 e. The lowest BCUT2D eigenvalue weighted by Gasteiger charge is -2.07. The fourth-order valence-corrected chi connectivity index (χ4v) is 1.84. The molecule has 0 spiro atoms. The molecule has 2 aromatic rings. The van der Waals surface area contributed by atoms with Crippen molar-refractivity contribution in [1.29, 1.82) is 0 Å². The van der Waals surface area contributed by atoms with Crippen LogP contribution in [0.1, 0.15) is 18.6 Å². The third-order valence-electron chi connectivity index (χ3n) is 2.69. The second-order valence-electron chi connectivity index (χ2n) is 4.01. The second-order valence-corrected chi connectivity index (χ2v) is 4.01. The van der Waals surface area contributed by atoms with Crippen molar-refractivity contribution in [2.45, 2.75) is 13.8 Å². The number of carbonyl (C=O) groups excluding carboxylic acids is 1. The third-order valence-corrected chi connectivity index (χ3v) is 2.69. The van der Waals surface area contributed by atoms with E-state index in [2.05, 4.69) is 4.99 Å². The Balaban J connectivity index is 2.57. The van der Waals surface area contributed by atoms with Crippen LogP contribution >= 0.6 is 0 Å². The van der Waals surface area contributed by atoms with Crippen LogP contribution in [0.5, 0.6) is 0 Å². The summed E-state index contributed by atoms with van der Waals surface area (Å²) in [5.41, 5.74) is 2.81. The van der Waals surface area contributed by atoms with Gasteiger partial charge in [0, 0.05) is 19.7 Å². The molecule has 0 radical (unpaired) electrons. The predicted octanol–water partition coefficient (Wildman–Crippen LogP) is 2.74. The van der Waals surface area contributed by atoms with Crippen LogP contribution in [0.25, 0.3) is 11.1 Å². The highest BCUT2D eigenvalue weighted by atomic mass is 16.1. The SMILES string of the molecule is CC/N=c1/ccc(-c2ccccc2)cn1C(C)=O. The Bertz CT molecular complexity index is 612. The summed E-state index contributed by atoms with van der Waals surface area (Å²) in [5.74, 6) is -0.0278. The van der Waals surface area contributed by atoms with Crippen LogP contribution in [0.2, 0.25) is 0 Å². The Morgan fingerprint density at radius 1 is 1.11 bits per heavy atom. The quantitative estimate of drug-likeness (QED) is 0.794. The first-order chi connectivity index (χ1) is 8.72. The zero-order valence-corrected chi connectivity index (χ0v) is 10.6. The first kappa shape index (κ1) is 12.3. The van der Waals surface area contributed by atoms with Gasteiger partial charge in [-0.15, -0.1) is 0 Å². The summed E-state index contributed by atoms with van der Waals surface area (Å²) in [5, 5.41) is 0. The van der Waals surface area contributed by atoms with Gasteiger partial charge in [0.25, 0.3) is 0 Å². The normalized spacial score (nSPS) is 11.6. The first-order valence-electron chi connectivity index (χ1n) is 6.02. The van der Waals surface area contributed by atoms with Gasteiger partial charge < -0.3 is 0 Å². The molecule has 0 N–H and O–H groups in total. The van der Waals surface area contributed by atoms with Crippen molar-refractivity contribution in [3.8, 4) is 11.1 Å². The molecule has 18 heavy (non-hydrogen) atoms. The number of hydrogen-bond donors (Lipinski definition) is 0. The molecule has 0 aliphatic heterocycles. The molecule has 2 rings (SSSR count). The molecular formula is C15H16N2O. The van der Waals surface area contributed by atoms with Gasteiger partial charge in [0.1, 0.15) is 5.49 Å². The maximum Gasteiger partial charge on any atom is 0.229 e. The van der Waals surface area contributed by atoms with Gasteiger partial charge in [-0.05, 0) is 30.2 Å². The van der Waals surface area contributed by atoms with Gasteiger partial charge in [-0.25, -0.2) is 0 Å².